The summed E-state index contributed by atoms with van der Waals surface area (Å²) >= 11 is 0. The third-order valence-corrected chi connectivity index (χ3v) is 1.43. The summed E-state index contributed by atoms with van der Waals surface area (Å²) in [5, 5.41) is 0. The maximum absolute atomic E-state index is 9.96. The van der Waals surface area contributed by atoms with Gasteiger partial charge in [0.15, 0.2) is 5.82 Å². The van der Waals surface area contributed by atoms with Crippen LogP contribution in [0.2, 0.25) is 0 Å². The quantitative estimate of drug-likeness (QED) is 0.455. The highest BCUT2D eigenvalue weighted by Gasteiger charge is 1.99. The van der Waals surface area contributed by atoms with Crippen LogP contribution < -0.4 is 0 Å². The van der Waals surface area contributed by atoms with Crippen molar-refractivity contribution < 1.29 is 4.79 Å². The largest absolute Gasteiger partial charge is 0.268 e. The number of hydrogen-bond acceptors (Lipinski definition) is 4. The van der Waals surface area contributed by atoms with Gasteiger partial charge in [0.2, 0.25) is 11.9 Å². The molecule has 0 aliphatic carbocycles. The molecule has 0 aromatic carbocycles. The number of nitrogens with zero attached hydrogens (tertiary/aromatic N) is 4. The molecule has 0 saturated carbocycles. The smallest absolute Gasteiger partial charge is 0.242 e. The molecule has 12 heavy (non-hydrogen) atoms. The summed E-state index contributed by atoms with van der Waals surface area (Å²) in [6, 6.07) is 1.73. The summed E-state index contributed by atoms with van der Waals surface area (Å²) in [6.45, 7) is 0. The summed E-state index contributed by atoms with van der Waals surface area (Å²) in [4.78, 5) is 21.3. The average molecular weight is 160 g/mol. The zero-order valence-electron chi connectivity index (χ0n) is 6.01. The number of carbonyl (C=O) groups excluding carboxylic acids is 1. The van der Waals surface area contributed by atoms with Gasteiger partial charge in [-0.1, -0.05) is 0 Å². The van der Waals surface area contributed by atoms with Crippen LogP contribution >= 0.6 is 0 Å². The SMILES string of the molecule is O=C=Nc1cnc2ncccn12. The summed E-state index contributed by atoms with van der Waals surface area (Å²) < 4.78 is 1.60. The van der Waals surface area contributed by atoms with Crippen molar-refractivity contribution in [3.8, 4) is 0 Å². The van der Waals surface area contributed by atoms with E-state index in [1.165, 1.54) is 12.3 Å². The van der Waals surface area contributed by atoms with Gasteiger partial charge in [-0.25, -0.2) is 14.8 Å². The average Bonchev–Trinajstić information content (AvgIpc) is 2.50. The van der Waals surface area contributed by atoms with Crippen LogP contribution in [0.5, 0.6) is 0 Å². The fraction of sp³-hybridized carbons (Fsp3) is 0. The second kappa shape index (κ2) is 2.56. The Labute approximate surface area is 67.4 Å². The molecule has 5 heteroatoms. The Morgan fingerprint density at radius 1 is 1.50 bits per heavy atom. The van der Waals surface area contributed by atoms with Gasteiger partial charge in [-0.05, 0) is 6.07 Å². The molecule has 0 aliphatic rings. The second-order valence-electron chi connectivity index (χ2n) is 2.11. The third kappa shape index (κ3) is 0.889. The van der Waals surface area contributed by atoms with Crippen LogP contribution in [-0.2, 0) is 4.79 Å². The molecule has 0 bridgehead atoms. The van der Waals surface area contributed by atoms with E-state index in [1.807, 2.05) is 0 Å². The first kappa shape index (κ1) is 6.69. The summed E-state index contributed by atoms with van der Waals surface area (Å²) in [7, 11) is 0. The standard InChI is InChI=1S/C7H4N4O/c12-5-10-6-4-9-7-8-2-1-3-11(6)7/h1-4H. The number of imidazole rings is 1. The molecule has 0 spiro atoms. The molecular formula is C7H4N4O. The molecule has 2 rings (SSSR count). The van der Waals surface area contributed by atoms with Crippen LogP contribution in [0.15, 0.2) is 29.6 Å². The lowest BCUT2D eigenvalue weighted by Crippen LogP contribution is -1.84. The lowest BCUT2D eigenvalue weighted by Gasteiger charge is -1.90. The monoisotopic (exact) mass is 160 g/mol. The third-order valence-electron chi connectivity index (χ3n) is 1.43. The van der Waals surface area contributed by atoms with E-state index < -0.39 is 0 Å². The van der Waals surface area contributed by atoms with Gasteiger partial charge in [-0.3, -0.25) is 4.40 Å². The lowest BCUT2D eigenvalue weighted by atomic mass is 10.6. The van der Waals surface area contributed by atoms with Gasteiger partial charge in [0, 0.05) is 12.4 Å². The van der Waals surface area contributed by atoms with Crippen molar-refractivity contribution in [2.45, 2.75) is 0 Å². The predicted octanol–water partition coefficient (Wildman–Crippen LogP) is 0.697. The van der Waals surface area contributed by atoms with Gasteiger partial charge in [-0.2, -0.15) is 0 Å². The Morgan fingerprint density at radius 3 is 3.25 bits per heavy atom. The zero-order valence-corrected chi connectivity index (χ0v) is 6.01. The second-order valence-corrected chi connectivity index (χ2v) is 2.11. The first-order valence-electron chi connectivity index (χ1n) is 3.28. The van der Waals surface area contributed by atoms with Gasteiger partial charge < -0.3 is 0 Å². The van der Waals surface area contributed by atoms with Gasteiger partial charge in [-0.15, -0.1) is 4.99 Å². The zero-order chi connectivity index (χ0) is 8.39. The van der Waals surface area contributed by atoms with E-state index in [9.17, 15) is 4.79 Å². The van der Waals surface area contributed by atoms with Gasteiger partial charge in [0.05, 0.1) is 6.20 Å². The van der Waals surface area contributed by atoms with Gasteiger partial charge in [0.25, 0.3) is 0 Å². The van der Waals surface area contributed by atoms with Crippen molar-refractivity contribution in [2.24, 2.45) is 4.99 Å². The van der Waals surface area contributed by atoms with Crippen molar-refractivity contribution in [1.82, 2.24) is 14.4 Å². The van der Waals surface area contributed by atoms with Crippen molar-refractivity contribution in [3.05, 3.63) is 24.7 Å². The number of isocyanates is 1. The number of rotatable bonds is 1. The maximum atomic E-state index is 9.96. The highest BCUT2D eigenvalue weighted by Crippen LogP contribution is 2.10. The summed E-state index contributed by atoms with van der Waals surface area (Å²) in [5.41, 5.74) is 0. The summed E-state index contributed by atoms with van der Waals surface area (Å²) in [6.07, 6.45) is 6.26. The van der Waals surface area contributed by atoms with Crippen molar-refractivity contribution in [1.29, 1.82) is 0 Å². The van der Waals surface area contributed by atoms with E-state index in [0.717, 1.165) is 0 Å². The maximum Gasteiger partial charge on any atom is 0.242 e. The Hall–Kier alpha value is -2.00. The van der Waals surface area contributed by atoms with Crippen LogP contribution in [0.25, 0.3) is 5.78 Å². The molecule has 0 N–H and O–H groups in total. The molecule has 2 heterocycles. The molecular weight excluding hydrogens is 156 g/mol. The minimum Gasteiger partial charge on any atom is -0.268 e. The van der Waals surface area contributed by atoms with Crippen LogP contribution in [-0.4, -0.2) is 20.4 Å². The van der Waals surface area contributed by atoms with Crippen molar-refractivity contribution in [2.75, 3.05) is 0 Å². The van der Waals surface area contributed by atoms with Crippen LogP contribution in [0, 0.1) is 0 Å². The molecule has 0 atom stereocenters. The molecule has 0 unspecified atom stereocenters. The predicted molar refractivity (Wildman–Crippen MR) is 40.8 cm³/mol. The molecule has 0 amide bonds. The first-order chi connectivity index (χ1) is 5.92. The minimum absolute atomic E-state index is 0.438. The van der Waals surface area contributed by atoms with E-state index in [1.54, 1.807) is 22.9 Å². The molecule has 0 radical (unpaired) electrons. The van der Waals surface area contributed by atoms with Crippen molar-refractivity contribution >= 4 is 17.7 Å². The Balaban J connectivity index is 2.78. The molecule has 2 aromatic rings. The topological polar surface area (TPSA) is 59.6 Å². The Bertz CT molecular complexity index is 455. The van der Waals surface area contributed by atoms with E-state index in [4.69, 9.17) is 0 Å². The molecule has 0 saturated heterocycles. The Kier molecular flexibility index (Phi) is 1.43. The number of hydrogen-bond donors (Lipinski definition) is 0. The van der Waals surface area contributed by atoms with E-state index in [2.05, 4.69) is 15.0 Å². The fourth-order valence-electron chi connectivity index (χ4n) is 0.945. The molecule has 2 aromatic heterocycles. The number of fused-ring (bicyclic) bond motifs is 1. The molecule has 5 nitrogen and oxygen atoms in total. The van der Waals surface area contributed by atoms with E-state index in [-0.39, 0.29) is 0 Å². The van der Waals surface area contributed by atoms with Crippen LogP contribution in [0.3, 0.4) is 0 Å². The Morgan fingerprint density at radius 2 is 2.42 bits per heavy atom. The van der Waals surface area contributed by atoms with Crippen LogP contribution in [0.1, 0.15) is 0 Å². The van der Waals surface area contributed by atoms with Crippen LogP contribution in [0.4, 0.5) is 5.82 Å². The fourth-order valence-corrected chi connectivity index (χ4v) is 0.945. The molecule has 0 fully saturated rings. The highest BCUT2D eigenvalue weighted by atomic mass is 16.1. The first-order valence-corrected chi connectivity index (χ1v) is 3.28. The van der Waals surface area contributed by atoms with Gasteiger partial charge >= 0.3 is 0 Å². The van der Waals surface area contributed by atoms with Gasteiger partial charge in [0.1, 0.15) is 0 Å². The molecule has 0 aliphatic heterocycles. The van der Waals surface area contributed by atoms with Crippen molar-refractivity contribution in [3.63, 3.8) is 0 Å². The molecule has 58 valence electrons. The minimum atomic E-state index is 0.438. The highest BCUT2D eigenvalue weighted by molar-refractivity contribution is 5.48. The summed E-state index contributed by atoms with van der Waals surface area (Å²) in [5.74, 6) is 0.958. The van der Waals surface area contributed by atoms with E-state index in [0.29, 0.717) is 11.6 Å². The normalized spacial score (nSPS) is 9.67. The lowest BCUT2D eigenvalue weighted by molar-refractivity contribution is 0.565. The number of aromatic nitrogens is 3. The van der Waals surface area contributed by atoms with E-state index >= 15 is 0 Å². The number of aliphatic imine (C=N–C) groups is 1.